The highest BCUT2D eigenvalue weighted by atomic mass is 32.2. The molecular formula is C16H22F2OS. The number of carbonyl (C=O) groups excluding carboxylic acids is 1. The highest BCUT2D eigenvalue weighted by Crippen LogP contribution is 2.32. The lowest BCUT2D eigenvalue weighted by molar-refractivity contribution is 0.108. The molecule has 0 bridgehead atoms. The van der Waals surface area contributed by atoms with E-state index in [4.69, 9.17) is 1.37 Å². The maximum atomic E-state index is 12.7. The van der Waals surface area contributed by atoms with E-state index in [2.05, 4.69) is 0 Å². The molecule has 0 saturated heterocycles. The third-order valence-electron chi connectivity index (χ3n) is 3.07. The molecule has 0 heterocycles. The summed E-state index contributed by atoms with van der Waals surface area (Å²) in [7, 11) is 0. The molecule has 1 aromatic rings. The summed E-state index contributed by atoms with van der Waals surface area (Å²) in [4.78, 5) is 12.0. The lowest BCUT2D eigenvalue weighted by atomic mass is 9.80. The molecule has 0 aromatic heterocycles. The van der Waals surface area contributed by atoms with Crippen molar-refractivity contribution >= 4 is 16.9 Å². The first kappa shape index (κ1) is 15.5. The standard InChI is InChI=1S/C16H22F2OS/c1-15(2,3)11-7-10(13(19)20-14(17)18)8-12(9-11)16(4,5)6/h7-9,14H,1-6H3/i14D. The van der Waals surface area contributed by atoms with E-state index in [-0.39, 0.29) is 28.2 Å². The van der Waals surface area contributed by atoms with E-state index >= 15 is 0 Å². The Hall–Kier alpha value is -0.900. The number of benzene rings is 1. The van der Waals surface area contributed by atoms with Crippen molar-refractivity contribution in [3.8, 4) is 0 Å². The predicted octanol–water partition coefficient (Wildman–Crippen LogP) is 5.38. The maximum absolute atomic E-state index is 12.7. The van der Waals surface area contributed by atoms with E-state index in [1.165, 1.54) is 0 Å². The maximum Gasteiger partial charge on any atom is 0.291 e. The van der Waals surface area contributed by atoms with Gasteiger partial charge in [0.1, 0.15) is 1.37 Å². The second-order valence-corrected chi connectivity index (χ2v) is 7.80. The normalized spacial score (nSPS) is 14.1. The van der Waals surface area contributed by atoms with Gasteiger partial charge in [-0.1, -0.05) is 47.6 Å². The first-order valence-corrected chi connectivity index (χ1v) is 7.29. The lowest BCUT2D eigenvalue weighted by Crippen LogP contribution is -2.17. The van der Waals surface area contributed by atoms with Gasteiger partial charge in [0.25, 0.3) is 5.73 Å². The van der Waals surface area contributed by atoms with Crippen LogP contribution >= 0.6 is 11.8 Å². The number of rotatable bonds is 2. The van der Waals surface area contributed by atoms with Crippen LogP contribution in [0.4, 0.5) is 8.78 Å². The van der Waals surface area contributed by atoms with Gasteiger partial charge in [-0.3, -0.25) is 4.79 Å². The van der Waals surface area contributed by atoms with Crippen molar-refractivity contribution in [1.82, 2.24) is 0 Å². The molecule has 1 nitrogen and oxygen atoms in total. The smallest absolute Gasteiger partial charge is 0.281 e. The Morgan fingerprint density at radius 2 is 1.45 bits per heavy atom. The highest BCUT2D eigenvalue weighted by molar-refractivity contribution is 8.14. The van der Waals surface area contributed by atoms with Gasteiger partial charge in [-0.2, -0.15) is 8.78 Å². The van der Waals surface area contributed by atoms with Gasteiger partial charge in [-0.15, -0.1) is 0 Å². The molecule has 0 aliphatic rings. The van der Waals surface area contributed by atoms with Crippen molar-refractivity contribution in [2.75, 3.05) is 0 Å². The molecule has 0 saturated carbocycles. The van der Waals surface area contributed by atoms with Gasteiger partial charge in [-0.25, -0.2) is 0 Å². The Balaban J connectivity index is 3.36. The van der Waals surface area contributed by atoms with Crippen LogP contribution in [0.5, 0.6) is 0 Å². The summed E-state index contributed by atoms with van der Waals surface area (Å²) in [6.45, 7) is 12.1. The van der Waals surface area contributed by atoms with Gasteiger partial charge in [0.2, 0.25) is 5.12 Å². The molecule has 0 atom stereocenters. The summed E-state index contributed by atoms with van der Waals surface area (Å²) in [6, 6.07) is 5.31. The van der Waals surface area contributed by atoms with Crippen molar-refractivity contribution in [2.24, 2.45) is 0 Å². The minimum absolute atomic E-state index is 0.190. The van der Waals surface area contributed by atoms with Gasteiger partial charge >= 0.3 is 0 Å². The summed E-state index contributed by atoms with van der Waals surface area (Å²) in [5.41, 5.74) is -2.12. The molecule has 0 aliphatic carbocycles. The Morgan fingerprint density at radius 3 is 1.75 bits per heavy atom. The van der Waals surface area contributed by atoms with E-state index in [0.717, 1.165) is 11.1 Å². The number of carbonyl (C=O) groups is 1. The van der Waals surface area contributed by atoms with Crippen LogP contribution in [0, 0.1) is 0 Å². The van der Waals surface area contributed by atoms with E-state index in [1.807, 2.05) is 47.6 Å². The fraction of sp³-hybridized carbons (Fsp3) is 0.562. The van der Waals surface area contributed by atoms with Gasteiger partial charge in [0, 0.05) is 5.56 Å². The molecule has 4 heteroatoms. The van der Waals surface area contributed by atoms with Gasteiger partial charge in [0.05, 0.1) is 0 Å². The van der Waals surface area contributed by atoms with Crippen LogP contribution < -0.4 is 0 Å². The Labute approximate surface area is 125 Å². The Bertz CT molecular complexity index is 504. The first-order valence-electron chi connectivity index (χ1n) is 6.97. The molecule has 0 aliphatic heterocycles. The van der Waals surface area contributed by atoms with E-state index in [9.17, 15) is 13.6 Å². The number of halogens is 2. The molecule has 112 valence electrons. The highest BCUT2D eigenvalue weighted by Gasteiger charge is 2.23. The molecule has 20 heavy (non-hydrogen) atoms. The fourth-order valence-corrected chi connectivity index (χ4v) is 2.12. The zero-order valence-electron chi connectivity index (χ0n) is 13.8. The van der Waals surface area contributed by atoms with Crippen LogP contribution in [0.1, 0.15) is 64.4 Å². The third kappa shape index (κ3) is 4.58. The van der Waals surface area contributed by atoms with Crippen molar-refractivity contribution < 1.29 is 14.9 Å². The molecule has 1 rings (SSSR count). The van der Waals surface area contributed by atoms with Crippen LogP contribution in [0.2, 0.25) is 0 Å². The molecule has 0 radical (unpaired) electrons. The third-order valence-corrected chi connectivity index (χ3v) is 3.65. The zero-order valence-corrected chi connectivity index (χ0v) is 13.6. The summed E-state index contributed by atoms with van der Waals surface area (Å²) in [5, 5.41) is -0.772. The van der Waals surface area contributed by atoms with Crippen molar-refractivity contribution in [3.05, 3.63) is 34.9 Å². The minimum atomic E-state index is -3.81. The average Bonchev–Trinajstić information content (AvgIpc) is 2.23. The quantitative estimate of drug-likeness (QED) is 0.729. The number of alkyl halides is 2. The van der Waals surface area contributed by atoms with Crippen LogP contribution in [0.25, 0.3) is 0 Å². The summed E-state index contributed by atoms with van der Waals surface area (Å²) < 4.78 is 32.0. The largest absolute Gasteiger partial charge is 0.291 e. The Kier molecular flexibility index (Phi) is 4.52. The molecule has 1 aromatic carbocycles. The van der Waals surface area contributed by atoms with Gasteiger partial charge in [-0.05, 0) is 45.9 Å². The zero-order chi connectivity index (χ0) is 16.6. The topological polar surface area (TPSA) is 17.1 Å². The fourth-order valence-electron chi connectivity index (χ4n) is 1.74. The first-order chi connectivity index (χ1) is 9.20. The summed E-state index contributed by atoms with van der Waals surface area (Å²) in [5.74, 6) is 0. The van der Waals surface area contributed by atoms with Gasteiger partial charge in [0.15, 0.2) is 0 Å². The second kappa shape index (κ2) is 5.84. The van der Waals surface area contributed by atoms with Crippen LogP contribution in [0.3, 0.4) is 0 Å². The van der Waals surface area contributed by atoms with Crippen LogP contribution in [-0.2, 0) is 10.8 Å². The van der Waals surface area contributed by atoms with Crippen molar-refractivity contribution in [2.45, 2.75) is 58.1 Å². The van der Waals surface area contributed by atoms with Crippen molar-refractivity contribution in [1.29, 1.82) is 0 Å². The molecule has 0 unspecified atom stereocenters. The van der Waals surface area contributed by atoms with Crippen LogP contribution in [-0.4, -0.2) is 10.8 Å². The minimum Gasteiger partial charge on any atom is -0.281 e. The number of hydrogen-bond donors (Lipinski definition) is 0. The molecule has 0 spiro atoms. The lowest BCUT2D eigenvalue weighted by Gasteiger charge is -2.25. The second-order valence-electron chi connectivity index (χ2n) is 6.91. The Morgan fingerprint density at radius 1 is 1.05 bits per heavy atom. The molecule has 0 amide bonds. The predicted molar refractivity (Wildman–Crippen MR) is 81.8 cm³/mol. The SMILES string of the molecule is [2H]C(F)(F)SC(=O)c1cc(C(C)(C)C)cc(C(C)(C)C)c1. The van der Waals surface area contributed by atoms with Crippen LogP contribution in [0.15, 0.2) is 18.2 Å². The number of hydrogen-bond acceptors (Lipinski definition) is 2. The van der Waals surface area contributed by atoms with Crippen molar-refractivity contribution in [3.63, 3.8) is 0 Å². The molecular weight excluding hydrogens is 278 g/mol. The molecule has 0 N–H and O–H groups in total. The number of thioether (sulfide) groups is 1. The van der Waals surface area contributed by atoms with E-state index in [1.54, 1.807) is 12.1 Å². The monoisotopic (exact) mass is 301 g/mol. The summed E-state index contributed by atoms with van der Waals surface area (Å²) >= 11 is -0.257. The average molecular weight is 301 g/mol. The van der Waals surface area contributed by atoms with E-state index in [0.29, 0.717) is 0 Å². The van der Waals surface area contributed by atoms with E-state index < -0.39 is 10.8 Å². The summed E-state index contributed by atoms with van der Waals surface area (Å²) in [6.07, 6.45) is 0. The molecule has 0 fully saturated rings. The van der Waals surface area contributed by atoms with Gasteiger partial charge < -0.3 is 0 Å².